The number of hydrogen-bond donors (Lipinski definition) is 0. The number of benzene rings is 8. The number of nitrogens with zero attached hydrogens (tertiary/aromatic N) is 3. The van der Waals surface area contributed by atoms with E-state index in [2.05, 4.69) is 254 Å². The summed E-state index contributed by atoms with van der Waals surface area (Å²) < 4.78 is 0. The standard InChI is InChI=1S/C58H51N3/c1-43-24-38-57(45(3)40-43)58-39-25-44(2)41-47(58)42-46-26-28-52(29-27-46)61(55-34-30-53(31-35-55)59(48-16-8-4-9-17-48)49-18-10-5-11-19-49)56-36-32-54(33-37-56)60(50-20-12-6-13-21-50)51-22-14-7-15-23-51/h4-6,8-14,16-41H,7,15,42H2,1-3H3. The van der Waals surface area contributed by atoms with Crippen molar-refractivity contribution in [2.45, 2.75) is 40.0 Å². The van der Waals surface area contributed by atoms with E-state index < -0.39 is 0 Å². The van der Waals surface area contributed by atoms with Gasteiger partial charge in [0.1, 0.15) is 0 Å². The summed E-state index contributed by atoms with van der Waals surface area (Å²) in [5.41, 5.74) is 19.2. The molecule has 61 heavy (non-hydrogen) atoms. The first kappa shape index (κ1) is 39.1. The zero-order valence-corrected chi connectivity index (χ0v) is 35.2. The van der Waals surface area contributed by atoms with Gasteiger partial charge in [-0.2, -0.15) is 0 Å². The van der Waals surface area contributed by atoms with E-state index in [0.29, 0.717) is 0 Å². The molecule has 0 spiro atoms. The second-order valence-electron chi connectivity index (χ2n) is 16.0. The molecule has 0 fully saturated rings. The molecule has 0 bridgehead atoms. The van der Waals surface area contributed by atoms with Gasteiger partial charge in [0.15, 0.2) is 0 Å². The minimum Gasteiger partial charge on any atom is -0.311 e. The van der Waals surface area contributed by atoms with Crippen molar-refractivity contribution in [3.63, 3.8) is 0 Å². The Hall–Kier alpha value is -7.36. The van der Waals surface area contributed by atoms with Crippen LogP contribution in [0, 0.1) is 20.8 Å². The Morgan fingerprint density at radius 2 is 0.787 bits per heavy atom. The maximum absolute atomic E-state index is 2.37. The summed E-state index contributed by atoms with van der Waals surface area (Å²) in [5, 5.41) is 0. The highest BCUT2D eigenvalue weighted by atomic mass is 15.2. The Balaban J connectivity index is 1.09. The van der Waals surface area contributed by atoms with Gasteiger partial charge in [0.25, 0.3) is 0 Å². The van der Waals surface area contributed by atoms with Gasteiger partial charge in [-0.25, -0.2) is 0 Å². The van der Waals surface area contributed by atoms with Crippen molar-refractivity contribution in [3.05, 3.63) is 252 Å². The zero-order valence-electron chi connectivity index (χ0n) is 35.2. The molecule has 0 heterocycles. The SMILES string of the molecule is Cc1ccc(-c2ccc(C)cc2Cc2ccc(N(c3ccc(N(C4=CCCC=C4)c4ccccc4)cc3)c3ccc(N(c4ccccc4)c4ccccc4)cc3)cc2)c(C)c1. The van der Waals surface area contributed by atoms with Gasteiger partial charge >= 0.3 is 0 Å². The normalized spacial score (nSPS) is 12.1. The molecule has 298 valence electrons. The Kier molecular flexibility index (Phi) is 11.5. The lowest BCUT2D eigenvalue weighted by molar-refractivity contribution is 0.997. The topological polar surface area (TPSA) is 9.72 Å². The van der Waals surface area contributed by atoms with E-state index in [9.17, 15) is 0 Å². The largest absolute Gasteiger partial charge is 0.311 e. The van der Waals surface area contributed by atoms with E-state index in [-0.39, 0.29) is 0 Å². The predicted octanol–water partition coefficient (Wildman–Crippen LogP) is 16.2. The highest BCUT2D eigenvalue weighted by Gasteiger charge is 2.19. The fourth-order valence-corrected chi connectivity index (χ4v) is 8.57. The first-order valence-corrected chi connectivity index (χ1v) is 21.4. The molecule has 0 amide bonds. The first-order chi connectivity index (χ1) is 30.0. The van der Waals surface area contributed by atoms with Crippen LogP contribution in [0.3, 0.4) is 0 Å². The maximum atomic E-state index is 2.37. The van der Waals surface area contributed by atoms with E-state index in [1.54, 1.807) is 0 Å². The fourth-order valence-electron chi connectivity index (χ4n) is 8.57. The van der Waals surface area contributed by atoms with Gasteiger partial charge in [0, 0.05) is 51.2 Å². The number of anilines is 8. The molecule has 0 aromatic heterocycles. The average molecular weight is 790 g/mol. The second-order valence-corrected chi connectivity index (χ2v) is 16.0. The van der Waals surface area contributed by atoms with Crippen molar-refractivity contribution in [2.24, 2.45) is 0 Å². The number of rotatable bonds is 12. The van der Waals surface area contributed by atoms with E-state index in [4.69, 9.17) is 0 Å². The molecule has 1 aliphatic carbocycles. The van der Waals surface area contributed by atoms with Crippen molar-refractivity contribution in [3.8, 4) is 11.1 Å². The molecular weight excluding hydrogens is 739 g/mol. The first-order valence-electron chi connectivity index (χ1n) is 21.4. The van der Waals surface area contributed by atoms with Gasteiger partial charge in [-0.15, -0.1) is 0 Å². The van der Waals surface area contributed by atoms with Crippen molar-refractivity contribution >= 4 is 45.5 Å². The minimum absolute atomic E-state index is 0.850. The van der Waals surface area contributed by atoms with Crippen molar-refractivity contribution in [1.29, 1.82) is 0 Å². The molecule has 0 radical (unpaired) electrons. The Morgan fingerprint density at radius 3 is 1.25 bits per heavy atom. The molecule has 9 rings (SSSR count). The maximum Gasteiger partial charge on any atom is 0.0463 e. The van der Waals surface area contributed by atoms with E-state index in [1.165, 1.54) is 44.6 Å². The van der Waals surface area contributed by atoms with Gasteiger partial charge in [-0.05, 0) is 171 Å². The summed E-state index contributed by atoms with van der Waals surface area (Å²) in [6.07, 6.45) is 9.82. The molecule has 3 heteroatoms. The third-order valence-corrected chi connectivity index (χ3v) is 11.5. The number of aryl methyl sites for hydroxylation is 3. The summed E-state index contributed by atoms with van der Waals surface area (Å²) in [7, 11) is 0. The number of para-hydroxylation sites is 3. The lowest BCUT2D eigenvalue weighted by atomic mass is 9.90. The molecule has 0 aliphatic heterocycles. The van der Waals surface area contributed by atoms with Gasteiger partial charge in [0.05, 0.1) is 0 Å². The van der Waals surface area contributed by atoms with Crippen molar-refractivity contribution in [2.75, 3.05) is 14.7 Å². The van der Waals surface area contributed by atoms with Crippen LogP contribution in [0.2, 0.25) is 0 Å². The molecule has 0 unspecified atom stereocenters. The van der Waals surface area contributed by atoms with Crippen LogP contribution in [0.1, 0.15) is 40.7 Å². The summed E-state index contributed by atoms with van der Waals surface area (Å²) in [4.78, 5) is 7.03. The van der Waals surface area contributed by atoms with Gasteiger partial charge in [-0.1, -0.05) is 126 Å². The van der Waals surface area contributed by atoms with Gasteiger partial charge in [-0.3, -0.25) is 0 Å². The zero-order chi connectivity index (χ0) is 41.5. The van der Waals surface area contributed by atoms with Crippen LogP contribution in [0.4, 0.5) is 45.5 Å². The summed E-state index contributed by atoms with van der Waals surface area (Å²) in [5.74, 6) is 0. The lowest BCUT2D eigenvalue weighted by Gasteiger charge is -2.30. The summed E-state index contributed by atoms with van der Waals surface area (Å²) in [6, 6.07) is 72.6. The molecule has 0 N–H and O–H groups in total. The summed E-state index contributed by atoms with van der Waals surface area (Å²) in [6.45, 7) is 6.57. The van der Waals surface area contributed by atoms with E-state index >= 15 is 0 Å². The molecule has 0 saturated heterocycles. The quantitative estimate of drug-likeness (QED) is 0.122. The van der Waals surface area contributed by atoms with Crippen LogP contribution in [0.15, 0.2) is 224 Å². The fraction of sp³-hybridized carbons (Fsp3) is 0.103. The summed E-state index contributed by atoms with van der Waals surface area (Å²) >= 11 is 0. The van der Waals surface area contributed by atoms with Crippen LogP contribution in [-0.4, -0.2) is 0 Å². The van der Waals surface area contributed by atoms with E-state index in [0.717, 1.165) is 64.8 Å². The number of hydrogen-bond acceptors (Lipinski definition) is 3. The Bertz CT molecular complexity index is 2730. The van der Waals surface area contributed by atoms with Crippen LogP contribution in [0.5, 0.6) is 0 Å². The van der Waals surface area contributed by atoms with Crippen LogP contribution < -0.4 is 14.7 Å². The Labute approximate surface area is 361 Å². The highest BCUT2D eigenvalue weighted by Crippen LogP contribution is 2.41. The Morgan fingerprint density at radius 1 is 0.377 bits per heavy atom. The van der Waals surface area contributed by atoms with Crippen molar-refractivity contribution < 1.29 is 0 Å². The molecule has 0 atom stereocenters. The average Bonchev–Trinajstić information content (AvgIpc) is 3.30. The van der Waals surface area contributed by atoms with Crippen LogP contribution >= 0.6 is 0 Å². The molecule has 0 saturated carbocycles. The van der Waals surface area contributed by atoms with E-state index in [1.807, 2.05) is 0 Å². The highest BCUT2D eigenvalue weighted by molar-refractivity contribution is 5.82. The predicted molar refractivity (Wildman–Crippen MR) is 260 cm³/mol. The van der Waals surface area contributed by atoms with Crippen molar-refractivity contribution in [1.82, 2.24) is 0 Å². The van der Waals surface area contributed by atoms with Crippen LogP contribution in [0.25, 0.3) is 11.1 Å². The number of allylic oxidation sites excluding steroid dienone is 3. The molecule has 8 aromatic rings. The monoisotopic (exact) mass is 789 g/mol. The van der Waals surface area contributed by atoms with Crippen LogP contribution in [-0.2, 0) is 6.42 Å². The van der Waals surface area contributed by atoms with Gasteiger partial charge < -0.3 is 14.7 Å². The smallest absolute Gasteiger partial charge is 0.0463 e. The minimum atomic E-state index is 0.850. The lowest BCUT2D eigenvalue weighted by Crippen LogP contribution is -2.16. The third-order valence-electron chi connectivity index (χ3n) is 11.5. The third kappa shape index (κ3) is 8.69. The van der Waals surface area contributed by atoms with Gasteiger partial charge in [0.2, 0.25) is 0 Å². The molecule has 1 aliphatic rings. The molecular formula is C58H51N3. The molecule has 8 aromatic carbocycles. The second kappa shape index (κ2) is 17.9. The molecule has 3 nitrogen and oxygen atoms in total.